The molecule has 0 amide bonds. The minimum absolute atomic E-state index is 0.108. The maximum absolute atomic E-state index is 13.4. The van der Waals surface area contributed by atoms with Crippen LogP contribution in [0.15, 0.2) is 71.7 Å². The molecular formula is C30H33N3O. The van der Waals surface area contributed by atoms with Gasteiger partial charge in [0.15, 0.2) is 0 Å². The van der Waals surface area contributed by atoms with Gasteiger partial charge in [-0.2, -0.15) is 0 Å². The molecule has 0 aliphatic heterocycles. The van der Waals surface area contributed by atoms with Gasteiger partial charge < -0.3 is 9.88 Å². The van der Waals surface area contributed by atoms with Gasteiger partial charge in [-0.1, -0.05) is 38.5 Å². The number of benzene rings is 2. The van der Waals surface area contributed by atoms with Crippen LogP contribution in [-0.2, 0) is 0 Å². The van der Waals surface area contributed by atoms with Crippen molar-refractivity contribution in [2.45, 2.75) is 64.8 Å². The molecule has 0 spiro atoms. The molecular weight excluding hydrogens is 418 g/mol. The predicted octanol–water partition coefficient (Wildman–Crippen LogP) is 7.60. The molecule has 2 saturated carbocycles. The summed E-state index contributed by atoms with van der Waals surface area (Å²) in [7, 11) is 0. The Morgan fingerprint density at radius 3 is 2.68 bits per heavy atom. The molecule has 2 fully saturated rings. The average Bonchev–Trinajstić information content (AvgIpc) is 3.46. The third-order valence-corrected chi connectivity index (χ3v) is 8.78. The topological polar surface area (TPSA) is 46.9 Å². The molecule has 3 unspecified atom stereocenters. The maximum Gasteiger partial charge on any atom is 0.251 e. The van der Waals surface area contributed by atoms with Crippen molar-refractivity contribution in [2.24, 2.45) is 10.8 Å². The molecule has 34 heavy (non-hydrogen) atoms. The van der Waals surface area contributed by atoms with Gasteiger partial charge in [-0.05, 0) is 85.8 Å². The zero-order chi connectivity index (χ0) is 23.3. The Kier molecular flexibility index (Phi) is 5.02. The number of anilines is 2. The molecule has 0 saturated heterocycles. The first-order valence-corrected chi connectivity index (χ1v) is 12.8. The molecule has 1 N–H and O–H groups in total. The monoisotopic (exact) mass is 451 g/mol. The highest BCUT2D eigenvalue weighted by atomic mass is 16.1. The van der Waals surface area contributed by atoms with Crippen molar-refractivity contribution in [1.82, 2.24) is 9.55 Å². The standard InChI is InChI=1S/C30H33N3O/c1-3-15-30-17-14-24(13-16-29(30,2)20-30)33-27(34)12-9-21-19-31-26-11-10-23(18-25(26)28(21)33)32-22-7-5-4-6-8-22/h4-12,18-19,24,32H,3,13-17,20H2,1-2H3. The predicted molar refractivity (Wildman–Crippen MR) is 141 cm³/mol. The molecule has 4 heteroatoms. The van der Waals surface area contributed by atoms with E-state index in [9.17, 15) is 4.79 Å². The number of aromatic nitrogens is 2. The number of rotatable bonds is 5. The maximum atomic E-state index is 13.4. The molecule has 174 valence electrons. The van der Waals surface area contributed by atoms with Crippen molar-refractivity contribution in [3.8, 4) is 0 Å². The summed E-state index contributed by atoms with van der Waals surface area (Å²) in [5, 5.41) is 5.58. The molecule has 2 aromatic carbocycles. The van der Waals surface area contributed by atoms with Crippen LogP contribution in [0.1, 0.15) is 64.8 Å². The number of hydrogen-bond acceptors (Lipinski definition) is 3. The Hall–Kier alpha value is -3.14. The van der Waals surface area contributed by atoms with Crippen molar-refractivity contribution >= 4 is 33.2 Å². The highest BCUT2D eigenvalue weighted by Gasteiger charge is 2.63. The zero-order valence-electron chi connectivity index (χ0n) is 20.2. The summed E-state index contributed by atoms with van der Waals surface area (Å²) in [6.07, 6.45) is 10.5. The second-order valence-corrected chi connectivity index (χ2v) is 10.8. The lowest BCUT2D eigenvalue weighted by atomic mass is 9.86. The second kappa shape index (κ2) is 7.97. The number of hydrogen-bond donors (Lipinski definition) is 1. The number of nitrogens with zero attached hydrogens (tertiary/aromatic N) is 2. The third kappa shape index (κ3) is 3.43. The first kappa shape index (κ1) is 21.4. The van der Waals surface area contributed by atoms with E-state index in [2.05, 4.69) is 54.1 Å². The van der Waals surface area contributed by atoms with Gasteiger partial charge in [-0.15, -0.1) is 0 Å². The fourth-order valence-corrected chi connectivity index (χ4v) is 6.84. The lowest BCUT2D eigenvalue weighted by molar-refractivity contribution is 0.312. The highest BCUT2D eigenvalue weighted by Crippen LogP contribution is 2.72. The van der Waals surface area contributed by atoms with Crippen LogP contribution in [0.2, 0.25) is 0 Å². The Morgan fingerprint density at radius 1 is 1.03 bits per heavy atom. The van der Waals surface area contributed by atoms with Crippen LogP contribution in [0.5, 0.6) is 0 Å². The number of para-hydroxylation sites is 1. The van der Waals surface area contributed by atoms with E-state index in [0.29, 0.717) is 10.8 Å². The van der Waals surface area contributed by atoms with Crippen molar-refractivity contribution in [3.63, 3.8) is 0 Å². The van der Waals surface area contributed by atoms with Crippen LogP contribution in [0.3, 0.4) is 0 Å². The SMILES string of the molecule is CCCC12CCC(n3c(=O)ccc4cnc5ccc(Nc6ccccc6)cc5c43)CCC1(C)C2. The van der Waals surface area contributed by atoms with Crippen molar-refractivity contribution in [2.75, 3.05) is 5.32 Å². The van der Waals surface area contributed by atoms with E-state index in [1.54, 1.807) is 6.07 Å². The lowest BCUT2D eigenvalue weighted by Crippen LogP contribution is -2.25. The first-order valence-electron chi connectivity index (χ1n) is 12.8. The van der Waals surface area contributed by atoms with E-state index in [4.69, 9.17) is 4.98 Å². The van der Waals surface area contributed by atoms with Gasteiger partial charge in [0.05, 0.1) is 11.0 Å². The second-order valence-electron chi connectivity index (χ2n) is 10.8. The van der Waals surface area contributed by atoms with E-state index >= 15 is 0 Å². The molecule has 6 rings (SSSR count). The van der Waals surface area contributed by atoms with Gasteiger partial charge in [-0.25, -0.2) is 0 Å². The van der Waals surface area contributed by atoms with E-state index in [0.717, 1.165) is 46.0 Å². The smallest absolute Gasteiger partial charge is 0.251 e. The van der Waals surface area contributed by atoms with E-state index in [1.807, 2.05) is 30.5 Å². The van der Waals surface area contributed by atoms with Crippen molar-refractivity contribution in [3.05, 3.63) is 77.2 Å². The van der Waals surface area contributed by atoms with Gasteiger partial charge in [0.1, 0.15) is 0 Å². The molecule has 0 radical (unpaired) electrons. The average molecular weight is 452 g/mol. The van der Waals surface area contributed by atoms with Gasteiger partial charge in [0, 0.05) is 40.5 Å². The molecule has 4 nitrogen and oxygen atoms in total. The minimum Gasteiger partial charge on any atom is -0.356 e. The molecule has 0 bridgehead atoms. The molecule has 2 heterocycles. The number of fused-ring (bicyclic) bond motifs is 4. The zero-order valence-corrected chi connectivity index (χ0v) is 20.2. The van der Waals surface area contributed by atoms with Crippen LogP contribution in [-0.4, -0.2) is 9.55 Å². The molecule has 4 aromatic rings. The molecule has 2 aromatic heterocycles. The fourth-order valence-electron chi connectivity index (χ4n) is 6.84. The quantitative estimate of drug-likeness (QED) is 0.318. The normalized spacial score (nSPS) is 26.2. The summed E-state index contributed by atoms with van der Waals surface area (Å²) in [6.45, 7) is 4.79. The summed E-state index contributed by atoms with van der Waals surface area (Å²) in [5.41, 5.74) is 5.08. The Bertz CT molecular complexity index is 1420. The van der Waals surface area contributed by atoms with Gasteiger partial charge in [0.25, 0.3) is 5.56 Å². The van der Waals surface area contributed by atoms with Crippen molar-refractivity contribution in [1.29, 1.82) is 0 Å². The molecule has 3 atom stereocenters. The number of pyridine rings is 2. The summed E-state index contributed by atoms with van der Waals surface area (Å²) < 4.78 is 2.11. The molecule has 2 aliphatic carbocycles. The number of nitrogens with one attached hydrogen (secondary N) is 1. The highest BCUT2D eigenvalue weighted by molar-refractivity contribution is 6.04. The van der Waals surface area contributed by atoms with E-state index < -0.39 is 0 Å². The van der Waals surface area contributed by atoms with E-state index in [-0.39, 0.29) is 11.6 Å². The summed E-state index contributed by atoms with van der Waals surface area (Å²) in [5.74, 6) is 0. The summed E-state index contributed by atoms with van der Waals surface area (Å²) in [4.78, 5) is 18.1. The molecule has 2 aliphatic rings. The minimum atomic E-state index is 0.108. The van der Waals surface area contributed by atoms with E-state index in [1.165, 1.54) is 32.1 Å². The van der Waals surface area contributed by atoms with Crippen LogP contribution in [0, 0.1) is 10.8 Å². The summed E-state index contributed by atoms with van der Waals surface area (Å²) in [6, 6.07) is 20.4. The van der Waals surface area contributed by atoms with Crippen molar-refractivity contribution < 1.29 is 0 Å². The van der Waals surface area contributed by atoms with Gasteiger partial charge >= 0.3 is 0 Å². The first-order chi connectivity index (χ1) is 16.5. The Balaban J connectivity index is 1.45. The van der Waals surface area contributed by atoms with Crippen LogP contribution in [0.4, 0.5) is 11.4 Å². The fraction of sp³-hybridized carbons (Fsp3) is 0.400. The Morgan fingerprint density at radius 2 is 1.85 bits per heavy atom. The van der Waals surface area contributed by atoms with Crippen LogP contribution in [0.25, 0.3) is 21.8 Å². The van der Waals surface area contributed by atoms with Gasteiger partial charge in [-0.3, -0.25) is 9.78 Å². The van der Waals surface area contributed by atoms with Gasteiger partial charge in [0.2, 0.25) is 0 Å². The van der Waals surface area contributed by atoms with Crippen LogP contribution < -0.4 is 10.9 Å². The largest absolute Gasteiger partial charge is 0.356 e. The summed E-state index contributed by atoms with van der Waals surface area (Å²) >= 11 is 0. The lowest BCUT2D eigenvalue weighted by Gasteiger charge is -2.23. The van der Waals surface area contributed by atoms with Crippen LogP contribution >= 0.6 is 0 Å². The third-order valence-electron chi connectivity index (χ3n) is 8.78. The Labute approximate surface area is 201 Å².